The lowest BCUT2D eigenvalue weighted by Crippen LogP contribution is -2.59. The van der Waals surface area contributed by atoms with E-state index >= 15 is 0 Å². The number of ether oxygens (including phenoxy) is 2. The average molecular weight is 1030 g/mol. The number of aromatic nitrogens is 3. The van der Waals surface area contributed by atoms with Crippen molar-refractivity contribution >= 4 is 46.3 Å². The number of benzene rings is 2. The molecule has 2 aliphatic heterocycles. The fourth-order valence-corrected chi connectivity index (χ4v) is 11.2. The Kier molecular flexibility index (Phi) is 17.8. The van der Waals surface area contributed by atoms with Crippen LogP contribution in [0.3, 0.4) is 0 Å². The van der Waals surface area contributed by atoms with Gasteiger partial charge in [-0.05, 0) is 126 Å². The lowest BCUT2D eigenvalue weighted by Gasteiger charge is -2.45. The zero-order valence-electron chi connectivity index (χ0n) is 42.6. The SMILES string of the molecule is CC(C)N(C)[C@@H]1CC[C@H](N2CC[C@H](Nc3ncnc4ccc(C(F)(F)F)cc34)C2=O)[C@H](NC(=O)[C@H]2CC[C@H](c3ccc(C(=O)NCCOCCOCCNC(=O)[C@H]4CC(=O)N(C)[C@@H]4c4cccnc4)cc3)CC2)C1. The van der Waals surface area contributed by atoms with Crippen LogP contribution in [-0.4, -0.2) is 150 Å². The molecular weight excluding hydrogens is 958 g/mol. The topological polar surface area (TPSA) is 200 Å². The number of rotatable bonds is 20. The maximum Gasteiger partial charge on any atom is 0.416 e. The molecule has 0 spiro atoms. The number of carbonyl (C=O) groups excluding carboxylic acids is 5. The molecule has 4 N–H and O–H groups in total. The predicted molar refractivity (Wildman–Crippen MR) is 271 cm³/mol. The van der Waals surface area contributed by atoms with Gasteiger partial charge in [0.1, 0.15) is 18.2 Å². The van der Waals surface area contributed by atoms with E-state index in [-0.39, 0.29) is 89.8 Å². The first kappa shape index (κ1) is 54.0. The number of nitrogens with zero attached hydrogens (tertiary/aromatic N) is 6. The Morgan fingerprint density at radius 3 is 2.27 bits per heavy atom. The number of fused-ring (bicyclic) bond motifs is 1. The number of pyridine rings is 1. The van der Waals surface area contributed by atoms with Gasteiger partial charge in [0, 0.05) is 74.4 Å². The number of alkyl halides is 3. The zero-order valence-corrected chi connectivity index (χ0v) is 42.6. The third kappa shape index (κ3) is 13.0. The number of anilines is 1. The molecule has 4 heterocycles. The molecule has 2 saturated heterocycles. The first-order valence-corrected chi connectivity index (χ1v) is 26.0. The Bertz CT molecular complexity index is 2580. The summed E-state index contributed by atoms with van der Waals surface area (Å²) in [7, 11) is 3.80. The van der Waals surface area contributed by atoms with E-state index in [4.69, 9.17) is 9.47 Å². The van der Waals surface area contributed by atoms with Crippen molar-refractivity contribution in [2.75, 3.05) is 65.5 Å². The molecule has 4 fully saturated rings. The molecule has 0 radical (unpaired) electrons. The molecule has 4 aliphatic rings. The molecule has 0 bridgehead atoms. The van der Waals surface area contributed by atoms with E-state index in [0.29, 0.717) is 88.7 Å². The number of nitrogens with one attached hydrogen (secondary N) is 4. The maximum absolute atomic E-state index is 14.1. The summed E-state index contributed by atoms with van der Waals surface area (Å²) in [6.07, 6.45) is 5.93. The minimum absolute atomic E-state index is 0.00572. The molecule has 2 aromatic heterocycles. The number of halogens is 3. The van der Waals surface area contributed by atoms with Crippen LogP contribution >= 0.6 is 0 Å². The average Bonchev–Trinajstić information content (AvgIpc) is 3.92. The maximum atomic E-state index is 14.1. The number of amides is 5. The summed E-state index contributed by atoms with van der Waals surface area (Å²) >= 11 is 0. The molecule has 8 rings (SSSR count). The fourth-order valence-electron chi connectivity index (χ4n) is 11.2. The van der Waals surface area contributed by atoms with Gasteiger partial charge in [0.2, 0.25) is 23.6 Å². The molecular formula is C54H69F3N10O7. The number of carbonyl (C=O) groups is 5. The summed E-state index contributed by atoms with van der Waals surface area (Å²) in [5.74, 6) is -0.935. The Balaban J connectivity index is 0.747. The Hall–Kier alpha value is -6.25. The van der Waals surface area contributed by atoms with Crippen molar-refractivity contribution in [3.05, 3.63) is 95.6 Å². The third-order valence-electron chi connectivity index (χ3n) is 15.6. The van der Waals surface area contributed by atoms with Gasteiger partial charge in [-0.3, -0.25) is 29.0 Å². The zero-order chi connectivity index (χ0) is 52.5. The van der Waals surface area contributed by atoms with E-state index in [1.807, 2.05) is 35.2 Å². The summed E-state index contributed by atoms with van der Waals surface area (Å²) in [5, 5.41) is 12.5. The van der Waals surface area contributed by atoms with Crippen LogP contribution in [-0.2, 0) is 34.8 Å². The summed E-state index contributed by atoms with van der Waals surface area (Å²) in [6.45, 7) is 6.55. The molecule has 2 aliphatic carbocycles. The van der Waals surface area contributed by atoms with Gasteiger partial charge in [-0.25, -0.2) is 9.97 Å². The lowest BCUT2D eigenvalue weighted by molar-refractivity contribution is -0.137. The van der Waals surface area contributed by atoms with Gasteiger partial charge >= 0.3 is 6.18 Å². The van der Waals surface area contributed by atoms with Crippen LogP contribution in [0.25, 0.3) is 10.9 Å². The van der Waals surface area contributed by atoms with Crippen molar-refractivity contribution in [2.45, 2.75) is 120 Å². The lowest BCUT2D eigenvalue weighted by atomic mass is 9.77. The molecule has 398 valence electrons. The smallest absolute Gasteiger partial charge is 0.377 e. The predicted octanol–water partition coefficient (Wildman–Crippen LogP) is 5.88. The number of hydrogen-bond acceptors (Lipinski definition) is 12. The first-order valence-electron chi connectivity index (χ1n) is 26.0. The van der Waals surface area contributed by atoms with E-state index in [0.717, 1.165) is 42.5 Å². The van der Waals surface area contributed by atoms with Crippen molar-refractivity contribution in [3.8, 4) is 0 Å². The standard InChI is InChI=1S/C54H69F3N10O7/c1-33(2)65(3)40-16-18-46(67-23-19-44(53(67)72)63-49-41-28-39(54(55,56)57)15-17-43(41)61-32-62-49)45(29-40)64-51(70)37-13-9-35(10-14-37)34-7-11-36(12-8-34)50(69)59-21-24-73-26-27-74-25-22-60-52(71)42-30-47(68)66(4)48(42)38-6-5-20-58-31-38/h5-8,11-12,15,17,20,28,31-33,35,37,40,42,44-46,48H,9-10,13-14,16,18-19,21-27,29-30H2,1-4H3,(H,59,69)(H,60,71)(H,64,70)(H,61,62,63)/t35-,37-,40-,42+,44+,45-,46+,48-/m1/s1. The number of hydrogen-bond donors (Lipinski definition) is 4. The minimum atomic E-state index is -4.55. The van der Waals surface area contributed by atoms with E-state index in [2.05, 4.69) is 62.0 Å². The second-order valence-electron chi connectivity index (χ2n) is 20.4. The van der Waals surface area contributed by atoms with Crippen LogP contribution in [0.5, 0.6) is 0 Å². The summed E-state index contributed by atoms with van der Waals surface area (Å²) in [4.78, 5) is 84.8. The van der Waals surface area contributed by atoms with Gasteiger partial charge in [-0.15, -0.1) is 0 Å². The first-order chi connectivity index (χ1) is 35.6. The quantitative estimate of drug-likeness (QED) is 0.0769. The Labute approximate surface area is 430 Å². The van der Waals surface area contributed by atoms with E-state index in [1.165, 1.54) is 12.4 Å². The van der Waals surface area contributed by atoms with Crippen LogP contribution in [0.15, 0.2) is 73.3 Å². The molecule has 0 unspecified atom stereocenters. The Morgan fingerprint density at radius 1 is 0.851 bits per heavy atom. The van der Waals surface area contributed by atoms with E-state index in [9.17, 15) is 37.1 Å². The highest BCUT2D eigenvalue weighted by molar-refractivity contribution is 5.95. The fraction of sp³-hybridized carbons (Fsp3) is 0.556. The largest absolute Gasteiger partial charge is 0.416 e. The molecule has 2 aromatic carbocycles. The molecule has 17 nitrogen and oxygen atoms in total. The van der Waals surface area contributed by atoms with E-state index < -0.39 is 23.7 Å². The van der Waals surface area contributed by atoms with Crippen molar-refractivity contribution in [3.63, 3.8) is 0 Å². The molecule has 2 saturated carbocycles. The van der Waals surface area contributed by atoms with Gasteiger partial charge in [-0.1, -0.05) is 18.2 Å². The van der Waals surface area contributed by atoms with Crippen molar-refractivity contribution < 1.29 is 46.6 Å². The van der Waals surface area contributed by atoms with Crippen molar-refractivity contribution in [2.24, 2.45) is 11.8 Å². The van der Waals surface area contributed by atoms with Crippen LogP contribution in [0.2, 0.25) is 0 Å². The molecule has 6 atom stereocenters. The van der Waals surface area contributed by atoms with Crippen molar-refractivity contribution in [1.82, 2.24) is 45.6 Å². The Morgan fingerprint density at radius 2 is 1.58 bits per heavy atom. The third-order valence-corrected chi connectivity index (χ3v) is 15.6. The summed E-state index contributed by atoms with van der Waals surface area (Å²) < 4.78 is 52.1. The summed E-state index contributed by atoms with van der Waals surface area (Å²) in [5.41, 5.74) is 1.99. The highest BCUT2D eigenvalue weighted by atomic mass is 19.4. The normalized spacial score (nSPS) is 24.4. The molecule has 74 heavy (non-hydrogen) atoms. The summed E-state index contributed by atoms with van der Waals surface area (Å²) in [6, 6.07) is 13.5. The highest BCUT2D eigenvalue weighted by Crippen LogP contribution is 2.39. The molecule has 4 aromatic rings. The van der Waals surface area contributed by atoms with Gasteiger partial charge in [0.15, 0.2) is 0 Å². The second-order valence-corrected chi connectivity index (χ2v) is 20.4. The van der Waals surface area contributed by atoms with Gasteiger partial charge in [0.25, 0.3) is 5.91 Å². The highest BCUT2D eigenvalue weighted by Gasteiger charge is 2.45. The van der Waals surface area contributed by atoms with Crippen LogP contribution in [0.1, 0.15) is 111 Å². The van der Waals surface area contributed by atoms with Crippen LogP contribution in [0, 0.1) is 11.8 Å². The van der Waals surface area contributed by atoms with Crippen LogP contribution < -0.4 is 21.3 Å². The van der Waals surface area contributed by atoms with Gasteiger partial charge < -0.3 is 45.4 Å². The van der Waals surface area contributed by atoms with Crippen LogP contribution in [0.4, 0.5) is 19.0 Å². The minimum Gasteiger partial charge on any atom is -0.377 e. The van der Waals surface area contributed by atoms with Gasteiger partial charge in [0.05, 0.1) is 61.6 Å². The number of likely N-dealkylation sites (tertiary alicyclic amines) is 2. The molecule has 20 heteroatoms. The van der Waals surface area contributed by atoms with Crippen molar-refractivity contribution in [1.29, 1.82) is 0 Å². The second kappa shape index (κ2) is 24.4. The monoisotopic (exact) mass is 1030 g/mol. The van der Waals surface area contributed by atoms with Gasteiger partial charge in [-0.2, -0.15) is 13.2 Å². The van der Waals surface area contributed by atoms with E-state index in [1.54, 1.807) is 30.4 Å². The molecule has 5 amide bonds.